The number of rotatable bonds is 3. The van der Waals surface area contributed by atoms with E-state index in [0.29, 0.717) is 22.7 Å². The van der Waals surface area contributed by atoms with Crippen LogP contribution in [0.4, 0.5) is 5.13 Å². The molecule has 94 valence electrons. The fourth-order valence-electron chi connectivity index (χ4n) is 1.91. The summed E-state index contributed by atoms with van der Waals surface area (Å²) in [6, 6.07) is 0.313. The molecule has 2 rings (SSSR count). The number of anilines is 1. The molecule has 4 nitrogen and oxygen atoms in total. The lowest BCUT2D eigenvalue weighted by Gasteiger charge is -2.38. The van der Waals surface area contributed by atoms with Gasteiger partial charge in [0.2, 0.25) is 0 Å². The molecule has 0 N–H and O–H groups in total. The van der Waals surface area contributed by atoms with Crippen molar-refractivity contribution in [3.05, 3.63) is 10.0 Å². The molecule has 1 saturated heterocycles. The minimum atomic E-state index is 0.181. The first-order valence-corrected chi connectivity index (χ1v) is 6.84. The molecule has 6 heteroatoms. The molecule has 1 aromatic heterocycles. The highest BCUT2D eigenvalue weighted by atomic mass is 35.5. The van der Waals surface area contributed by atoms with Crippen LogP contribution in [0, 0.1) is 0 Å². The highest BCUT2D eigenvalue weighted by Crippen LogP contribution is 2.31. The van der Waals surface area contributed by atoms with Gasteiger partial charge in [-0.3, -0.25) is 4.79 Å². The molecule has 0 aromatic carbocycles. The third kappa shape index (κ3) is 2.61. The molecule has 0 spiro atoms. The van der Waals surface area contributed by atoms with Crippen LogP contribution < -0.4 is 4.90 Å². The highest BCUT2D eigenvalue weighted by molar-refractivity contribution is 7.17. The molecule has 17 heavy (non-hydrogen) atoms. The van der Waals surface area contributed by atoms with E-state index in [2.05, 4.69) is 16.8 Å². The number of aldehydes is 1. The number of morpholine rings is 1. The summed E-state index contributed by atoms with van der Waals surface area (Å²) in [5, 5.41) is 1.12. The summed E-state index contributed by atoms with van der Waals surface area (Å²) in [5.41, 5.74) is 0. The topological polar surface area (TPSA) is 42.4 Å². The first-order valence-electron chi connectivity index (χ1n) is 5.65. The molecule has 2 atom stereocenters. The van der Waals surface area contributed by atoms with Crippen molar-refractivity contribution in [2.45, 2.75) is 32.4 Å². The van der Waals surface area contributed by atoms with Crippen molar-refractivity contribution in [2.24, 2.45) is 0 Å². The van der Waals surface area contributed by atoms with Gasteiger partial charge in [-0.1, -0.05) is 29.9 Å². The van der Waals surface area contributed by atoms with Crippen LogP contribution in [0.1, 0.15) is 29.9 Å². The maximum Gasteiger partial charge on any atom is 0.187 e. The Labute approximate surface area is 110 Å². The van der Waals surface area contributed by atoms with Crippen molar-refractivity contribution in [1.82, 2.24) is 4.98 Å². The Bertz CT molecular complexity index is 410. The van der Waals surface area contributed by atoms with E-state index in [0.717, 1.165) is 24.4 Å². The van der Waals surface area contributed by atoms with E-state index in [-0.39, 0.29) is 6.10 Å². The van der Waals surface area contributed by atoms with Gasteiger partial charge in [-0.05, 0) is 13.3 Å². The van der Waals surface area contributed by atoms with Crippen LogP contribution in [-0.4, -0.2) is 36.6 Å². The summed E-state index contributed by atoms with van der Waals surface area (Å²) in [6.07, 6.45) is 1.93. The van der Waals surface area contributed by atoms with Gasteiger partial charge >= 0.3 is 0 Å². The van der Waals surface area contributed by atoms with Crippen LogP contribution in [0.5, 0.6) is 0 Å². The number of thiazole rings is 1. The normalized spacial score (nSPS) is 25.0. The number of nitrogens with zero attached hydrogens (tertiary/aromatic N) is 2. The molecule has 0 aliphatic carbocycles. The molecule has 0 radical (unpaired) electrons. The Balaban J connectivity index is 2.25. The molecular weight excluding hydrogens is 260 g/mol. The van der Waals surface area contributed by atoms with Gasteiger partial charge in [0, 0.05) is 6.54 Å². The number of ether oxygens (including phenoxy) is 1. The van der Waals surface area contributed by atoms with E-state index in [1.54, 1.807) is 0 Å². The van der Waals surface area contributed by atoms with Crippen LogP contribution >= 0.6 is 22.9 Å². The van der Waals surface area contributed by atoms with Gasteiger partial charge in [0.15, 0.2) is 16.6 Å². The maximum atomic E-state index is 10.8. The average Bonchev–Trinajstić information content (AvgIpc) is 2.70. The van der Waals surface area contributed by atoms with Crippen molar-refractivity contribution in [3.63, 3.8) is 0 Å². The SMILES string of the molecule is CCC1COC(C)CN1c1nc(Cl)c(C=O)s1. The summed E-state index contributed by atoms with van der Waals surface area (Å²) in [5.74, 6) is 0. The average molecular weight is 275 g/mol. The lowest BCUT2D eigenvalue weighted by molar-refractivity contribution is 0.0299. The lowest BCUT2D eigenvalue weighted by Crippen LogP contribution is -2.48. The fourth-order valence-corrected chi connectivity index (χ4v) is 3.06. The lowest BCUT2D eigenvalue weighted by atomic mass is 10.1. The predicted octanol–water partition coefficient (Wildman–Crippen LogP) is 2.61. The first kappa shape index (κ1) is 12.8. The second-order valence-electron chi connectivity index (χ2n) is 4.13. The zero-order valence-electron chi connectivity index (χ0n) is 9.85. The Kier molecular flexibility index (Phi) is 4.01. The van der Waals surface area contributed by atoms with Crippen molar-refractivity contribution in [1.29, 1.82) is 0 Å². The Hall–Kier alpha value is -0.650. The van der Waals surface area contributed by atoms with Crippen molar-refractivity contribution < 1.29 is 9.53 Å². The molecule has 2 heterocycles. The zero-order valence-corrected chi connectivity index (χ0v) is 11.4. The molecule has 0 bridgehead atoms. The van der Waals surface area contributed by atoms with Crippen LogP contribution in [0.25, 0.3) is 0 Å². The molecule has 1 aliphatic rings. The van der Waals surface area contributed by atoms with E-state index in [1.165, 1.54) is 11.3 Å². The molecule has 1 fully saturated rings. The second-order valence-corrected chi connectivity index (χ2v) is 5.49. The number of carbonyl (C=O) groups excluding carboxylic acids is 1. The third-order valence-corrected chi connectivity index (χ3v) is 4.31. The Morgan fingerprint density at radius 2 is 2.47 bits per heavy atom. The van der Waals surface area contributed by atoms with Crippen LogP contribution in [0.2, 0.25) is 5.15 Å². The zero-order chi connectivity index (χ0) is 12.4. The van der Waals surface area contributed by atoms with Gasteiger partial charge < -0.3 is 9.64 Å². The number of aromatic nitrogens is 1. The largest absolute Gasteiger partial charge is 0.375 e. The minimum Gasteiger partial charge on any atom is -0.375 e. The number of hydrogen-bond donors (Lipinski definition) is 0. The van der Waals surface area contributed by atoms with Crippen LogP contribution in [0.3, 0.4) is 0 Å². The van der Waals surface area contributed by atoms with E-state index >= 15 is 0 Å². The summed E-state index contributed by atoms with van der Waals surface area (Å²) in [7, 11) is 0. The van der Waals surface area contributed by atoms with Crippen molar-refractivity contribution >= 4 is 34.4 Å². The molecular formula is C11H15ClN2O2S. The predicted molar refractivity (Wildman–Crippen MR) is 69.4 cm³/mol. The van der Waals surface area contributed by atoms with Gasteiger partial charge in [0.1, 0.15) is 4.88 Å². The first-order chi connectivity index (χ1) is 8.15. The Morgan fingerprint density at radius 1 is 1.71 bits per heavy atom. The summed E-state index contributed by atoms with van der Waals surface area (Å²) in [6.45, 7) is 5.65. The number of halogens is 1. The third-order valence-electron chi connectivity index (χ3n) is 2.89. The van der Waals surface area contributed by atoms with Crippen molar-refractivity contribution in [3.8, 4) is 0 Å². The van der Waals surface area contributed by atoms with Gasteiger partial charge in [-0.25, -0.2) is 4.98 Å². The summed E-state index contributed by atoms with van der Waals surface area (Å²) in [4.78, 5) is 17.7. The van der Waals surface area contributed by atoms with E-state index in [4.69, 9.17) is 16.3 Å². The maximum absolute atomic E-state index is 10.8. The van der Waals surface area contributed by atoms with Crippen LogP contribution in [-0.2, 0) is 4.74 Å². The van der Waals surface area contributed by atoms with Gasteiger partial charge in [0.05, 0.1) is 18.8 Å². The molecule has 0 amide bonds. The highest BCUT2D eigenvalue weighted by Gasteiger charge is 2.28. The molecule has 2 unspecified atom stereocenters. The monoisotopic (exact) mass is 274 g/mol. The summed E-state index contributed by atoms with van der Waals surface area (Å²) < 4.78 is 5.63. The number of carbonyl (C=O) groups is 1. The fraction of sp³-hybridized carbons (Fsp3) is 0.636. The van der Waals surface area contributed by atoms with E-state index < -0.39 is 0 Å². The molecule has 1 aromatic rings. The Morgan fingerprint density at radius 3 is 3.06 bits per heavy atom. The smallest absolute Gasteiger partial charge is 0.187 e. The quantitative estimate of drug-likeness (QED) is 0.795. The van der Waals surface area contributed by atoms with E-state index in [1.807, 2.05) is 6.92 Å². The second kappa shape index (κ2) is 5.33. The van der Waals surface area contributed by atoms with Gasteiger partial charge in [-0.2, -0.15) is 0 Å². The van der Waals surface area contributed by atoms with Gasteiger partial charge in [0.25, 0.3) is 0 Å². The van der Waals surface area contributed by atoms with Crippen LogP contribution in [0.15, 0.2) is 0 Å². The van der Waals surface area contributed by atoms with E-state index in [9.17, 15) is 4.79 Å². The minimum absolute atomic E-state index is 0.181. The summed E-state index contributed by atoms with van der Waals surface area (Å²) >= 11 is 7.25. The van der Waals surface area contributed by atoms with Gasteiger partial charge in [-0.15, -0.1) is 0 Å². The van der Waals surface area contributed by atoms with Crippen molar-refractivity contribution in [2.75, 3.05) is 18.1 Å². The molecule has 0 saturated carbocycles. The standard InChI is InChI=1S/C11H15ClN2O2S/c1-3-8-6-16-7(2)4-14(8)11-13-10(12)9(5-15)17-11/h5,7-8H,3-4,6H2,1-2H3. The number of hydrogen-bond acceptors (Lipinski definition) is 5. The molecule has 1 aliphatic heterocycles.